The van der Waals surface area contributed by atoms with E-state index in [0.717, 1.165) is 16.3 Å². The smallest absolute Gasteiger partial charge is 0.230 e. The minimum atomic E-state index is -0.490. The molecular formula is C24H23NO3. The van der Waals surface area contributed by atoms with Crippen molar-refractivity contribution in [2.45, 2.75) is 12.3 Å². The van der Waals surface area contributed by atoms with Crippen molar-refractivity contribution in [3.8, 4) is 0 Å². The van der Waals surface area contributed by atoms with Crippen LogP contribution in [0.1, 0.15) is 28.3 Å². The zero-order valence-electron chi connectivity index (χ0n) is 15.7. The highest BCUT2D eigenvalue weighted by Gasteiger charge is 2.29. The van der Waals surface area contributed by atoms with Gasteiger partial charge in [-0.05, 0) is 16.3 Å². The molecule has 0 aromatic heterocycles. The third-order valence-electron chi connectivity index (χ3n) is 5.28. The van der Waals surface area contributed by atoms with Gasteiger partial charge in [0.25, 0.3) is 0 Å². The second kappa shape index (κ2) is 8.36. The van der Waals surface area contributed by atoms with Crippen molar-refractivity contribution in [3.63, 3.8) is 0 Å². The molecule has 142 valence electrons. The number of fused-ring (bicyclic) bond motifs is 1. The Morgan fingerprint density at radius 1 is 0.857 bits per heavy atom. The molecular weight excluding hydrogens is 350 g/mol. The van der Waals surface area contributed by atoms with Gasteiger partial charge < -0.3 is 9.64 Å². The van der Waals surface area contributed by atoms with E-state index in [0.29, 0.717) is 31.9 Å². The molecule has 1 fully saturated rings. The first kappa shape index (κ1) is 18.4. The summed E-state index contributed by atoms with van der Waals surface area (Å²) in [6.45, 7) is 2.23. The Balaban J connectivity index is 1.67. The Morgan fingerprint density at radius 3 is 2.29 bits per heavy atom. The van der Waals surface area contributed by atoms with Crippen LogP contribution in [0.4, 0.5) is 0 Å². The van der Waals surface area contributed by atoms with Gasteiger partial charge >= 0.3 is 0 Å². The molecule has 3 aromatic rings. The van der Waals surface area contributed by atoms with Crippen molar-refractivity contribution in [3.05, 3.63) is 83.9 Å². The molecule has 4 heteroatoms. The van der Waals surface area contributed by atoms with Crippen molar-refractivity contribution in [2.24, 2.45) is 0 Å². The zero-order valence-corrected chi connectivity index (χ0v) is 15.7. The van der Waals surface area contributed by atoms with E-state index in [-0.39, 0.29) is 18.1 Å². The Morgan fingerprint density at radius 2 is 1.54 bits per heavy atom. The van der Waals surface area contributed by atoms with Crippen molar-refractivity contribution in [1.82, 2.24) is 4.90 Å². The Kier molecular flexibility index (Phi) is 5.49. The van der Waals surface area contributed by atoms with Gasteiger partial charge in [0.2, 0.25) is 5.91 Å². The minimum Gasteiger partial charge on any atom is -0.378 e. The van der Waals surface area contributed by atoms with Gasteiger partial charge in [0.05, 0.1) is 19.1 Å². The van der Waals surface area contributed by atoms with Gasteiger partial charge in [-0.1, -0.05) is 72.8 Å². The van der Waals surface area contributed by atoms with Gasteiger partial charge in [0.15, 0.2) is 5.78 Å². The van der Waals surface area contributed by atoms with Gasteiger partial charge in [-0.2, -0.15) is 0 Å². The molecule has 1 saturated heterocycles. The van der Waals surface area contributed by atoms with Crippen LogP contribution < -0.4 is 0 Å². The number of nitrogens with zero attached hydrogens (tertiary/aromatic N) is 1. The fourth-order valence-electron chi connectivity index (χ4n) is 3.70. The third kappa shape index (κ3) is 3.97. The van der Waals surface area contributed by atoms with Crippen molar-refractivity contribution in [2.75, 3.05) is 26.3 Å². The topological polar surface area (TPSA) is 46.6 Å². The standard InChI is InChI=1S/C24H23NO3/c26-23(19-7-2-1-3-8-19)17-22(24(27)25-12-14-28-15-13-25)21-11-10-18-6-4-5-9-20(18)16-21/h1-11,16,22H,12-15,17H2/t22-/m1/s1. The molecule has 0 unspecified atom stereocenters. The fraction of sp³-hybridized carbons (Fsp3) is 0.250. The number of amides is 1. The van der Waals surface area contributed by atoms with Gasteiger partial charge in [0, 0.05) is 25.1 Å². The predicted octanol–water partition coefficient (Wildman–Crippen LogP) is 4.06. The SMILES string of the molecule is O=C(C[C@@H](C(=O)N1CCOCC1)c1ccc2ccccc2c1)c1ccccc1. The van der Waals surface area contributed by atoms with Crippen molar-refractivity contribution < 1.29 is 14.3 Å². The molecule has 0 spiro atoms. The summed E-state index contributed by atoms with van der Waals surface area (Å²) in [5.41, 5.74) is 1.53. The van der Waals surface area contributed by atoms with Crippen LogP contribution in [0.5, 0.6) is 0 Å². The molecule has 1 atom stereocenters. The molecule has 0 saturated carbocycles. The first-order chi connectivity index (χ1) is 13.7. The van der Waals surface area contributed by atoms with E-state index in [9.17, 15) is 9.59 Å². The summed E-state index contributed by atoms with van der Waals surface area (Å²) in [7, 11) is 0. The largest absolute Gasteiger partial charge is 0.378 e. The van der Waals surface area contributed by atoms with E-state index in [4.69, 9.17) is 4.74 Å². The lowest BCUT2D eigenvalue weighted by molar-refractivity contribution is -0.136. The number of ether oxygens (including phenoxy) is 1. The molecule has 1 aliphatic heterocycles. The fourth-order valence-corrected chi connectivity index (χ4v) is 3.70. The number of hydrogen-bond acceptors (Lipinski definition) is 3. The van der Waals surface area contributed by atoms with E-state index < -0.39 is 5.92 Å². The van der Waals surface area contributed by atoms with Crippen LogP contribution in [0.25, 0.3) is 10.8 Å². The van der Waals surface area contributed by atoms with Crippen molar-refractivity contribution >= 4 is 22.5 Å². The second-order valence-electron chi connectivity index (χ2n) is 7.09. The average Bonchev–Trinajstić information content (AvgIpc) is 2.77. The number of carbonyl (C=O) groups excluding carboxylic acids is 2. The maximum atomic E-state index is 13.3. The molecule has 1 heterocycles. The first-order valence-corrected chi connectivity index (χ1v) is 9.66. The molecule has 0 aliphatic carbocycles. The van der Waals surface area contributed by atoms with Crippen LogP contribution in [-0.4, -0.2) is 42.9 Å². The number of carbonyl (C=O) groups is 2. The van der Waals surface area contributed by atoms with Gasteiger partial charge in [-0.3, -0.25) is 9.59 Å². The molecule has 1 amide bonds. The number of rotatable bonds is 5. The van der Waals surface area contributed by atoms with Crippen LogP contribution in [-0.2, 0) is 9.53 Å². The normalized spacial score (nSPS) is 15.4. The molecule has 28 heavy (non-hydrogen) atoms. The molecule has 1 aliphatic rings. The zero-order chi connectivity index (χ0) is 19.3. The molecule has 4 rings (SSSR count). The highest BCUT2D eigenvalue weighted by molar-refractivity contribution is 6.00. The molecule has 3 aromatic carbocycles. The van der Waals surface area contributed by atoms with Crippen LogP contribution in [0.15, 0.2) is 72.8 Å². The number of Topliss-reactive ketones (excluding diaryl/α,β-unsaturated/α-hetero) is 1. The lowest BCUT2D eigenvalue weighted by Gasteiger charge is -2.30. The van der Waals surface area contributed by atoms with Gasteiger partial charge in [-0.15, -0.1) is 0 Å². The summed E-state index contributed by atoms with van der Waals surface area (Å²) in [5, 5.41) is 2.20. The summed E-state index contributed by atoms with van der Waals surface area (Å²) in [6, 6.07) is 23.3. The summed E-state index contributed by atoms with van der Waals surface area (Å²) in [5.74, 6) is -0.501. The second-order valence-corrected chi connectivity index (χ2v) is 7.09. The maximum Gasteiger partial charge on any atom is 0.230 e. The predicted molar refractivity (Wildman–Crippen MR) is 109 cm³/mol. The van der Waals surface area contributed by atoms with Gasteiger partial charge in [-0.25, -0.2) is 0 Å². The minimum absolute atomic E-state index is 0.00265. The number of morpholine rings is 1. The Labute approximate surface area is 164 Å². The quantitative estimate of drug-likeness (QED) is 0.634. The highest BCUT2D eigenvalue weighted by atomic mass is 16.5. The summed E-state index contributed by atoms with van der Waals surface area (Å²) in [6.07, 6.45) is 0.165. The molecule has 0 bridgehead atoms. The van der Waals surface area contributed by atoms with Gasteiger partial charge in [0.1, 0.15) is 0 Å². The molecule has 0 N–H and O–H groups in total. The highest BCUT2D eigenvalue weighted by Crippen LogP contribution is 2.28. The van der Waals surface area contributed by atoms with Crippen LogP contribution in [0, 0.1) is 0 Å². The van der Waals surface area contributed by atoms with E-state index in [1.807, 2.05) is 65.6 Å². The first-order valence-electron chi connectivity index (χ1n) is 9.66. The Hall–Kier alpha value is -2.98. The lowest BCUT2D eigenvalue weighted by atomic mass is 9.89. The van der Waals surface area contributed by atoms with Crippen LogP contribution >= 0.6 is 0 Å². The third-order valence-corrected chi connectivity index (χ3v) is 5.28. The number of ketones is 1. The summed E-state index contributed by atoms with van der Waals surface area (Å²) in [4.78, 5) is 28.0. The molecule has 0 radical (unpaired) electrons. The Bertz CT molecular complexity index is 977. The van der Waals surface area contributed by atoms with E-state index >= 15 is 0 Å². The monoisotopic (exact) mass is 373 g/mol. The molecule has 4 nitrogen and oxygen atoms in total. The number of benzene rings is 3. The van der Waals surface area contributed by atoms with E-state index in [1.165, 1.54) is 0 Å². The van der Waals surface area contributed by atoms with Crippen molar-refractivity contribution in [1.29, 1.82) is 0 Å². The van der Waals surface area contributed by atoms with Crippen LogP contribution in [0.2, 0.25) is 0 Å². The summed E-state index contributed by atoms with van der Waals surface area (Å²) >= 11 is 0. The lowest BCUT2D eigenvalue weighted by Crippen LogP contribution is -2.43. The van der Waals surface area contributed by atoms with Crippen LogP contribution in [0.3, 0.4) is 0 Å². The number of hydrogen-bond donors (Lipinski definition) is 0. The summed E-state index contributed by atoms with van der Waals surface area (Å²) < 4.78 is 5.38. The average molecular weight is 373 g/mol. The van der Waals surface area contributed by atoms with E-state index in [2.05, 4.69) is 0 Å². The van der Waals surface area contributed by atoms with E-state index in [1.54, 1.807) is 12.1 Å². The maximum absolute atomic E-state index is 13.3.